The van der Waals surface area contributed by atoms with Crippen LogP contribution in [0.1, 0.15) is 0 Å². The molecule has 2 aromatic carbocycles. The van der Waals surface area contributed by atoms with E-state index in [2.05, 4.69) is 15.4 Å². The Morgan fingerprint density at radius 2 is 1.93 bits per heavy atom. The minimum Gasteiger partial charge on any atom is -0.436 e. The fourth-order valence-corrected chi connectivity index (χ4v) is 2.73. The number of nitrogens with zero attached hydrogens (tertiary/aromatic N) is 4. The highest BCUT2D eigenvalue weighted by atomic mass is 35.5. The van der Waals surface area contributed by atoms with Gasteiger partial charge in [0.1, 0.15) is 18.1 Å². The highest BCUT2D eigenvalue weighted by Gasteiger charge is 2.16. The lowest BCUT2D eigenvalue weighted by molar-refractivity contribution is -0.117. The summed E-state index contributed by atoms with van der Waals surface area (Å²) in [5, 5.41) is 7.08. The first-order valence-corrected chi connectivity index (χ1v) is 8.81. The summed E-state index contributed by atoms with van der Waals surface area (Å²) in [7, 11) is 0. The summed E-state index contributed by atoms with van der Waals surface area (Å²) in [5.41, 5.74) is -0.416. The lowest BCUT2D eigenvalue weighted by Gasteiger charge is -2.05. The fraction of sp³-hybridized carbons (Fsp3) is 0.0526. The third-order valence-corrected chi connectivity index (χ3v) is 4.19. The molecule has 0 aliphatic rings. The second-order valence-electron chi connectivity index (χ2n) is 5.95. The van der Waals surface area contributed by atoms with Crippen molar-refractivity contribution in [2.45, 2.75) is 6.54 Å². The van der Waals surface area contributed by atoms with Crippen molar-refractivity contribution in [3.05, 3.63) is 82.2 Å². The Morgan fingerprint density at radius 1 is 1.17 bits per heavy atom. The molecule has 10 heteroatoms. The van der Waals surface area contributed by atoms with E-state index in [1.165, 1.54) is 35.0 Å². The van der Waals surface area contributed by atoms with Crippen LogP contribution in [0.25, 0.3) is 5.65 Å². The van der Waals surface area contributed by atoms with Crippen molar-refractivity contribution in [1.29, 1.82) is 0 Å². The maximum absolute atomic E-state index is 13.7. The van der Waals surface area contributed by atoms with E-state index in [1.54, 1.807) is 30.3 Å². The van der Waals surface area contributed by atoms with Gasteiger partial charge in [0.25, 0.3) is 5.88 Å². The van der Waals surface area contributed by atoms with E-state index in [9.17, 15) is 14.0 Å². The van der Waals surface area contributed by atoms with Crippen molar-refractivity contribution in [1.82, 2.24) is 19.2 Å². The van der Waals surface area contributed by atoms with Crippen LogP contribution in [-0.4, -0.2) is 25.1 Å². The molecule has 1 amide bonds. The van der Waals surface area contributed by atoms with Crippen molar-refractivity contribution in [3.63, 3.8) is 0 Å². The molecular formula is C19H13ClFN5O3. The molecular weight excluding hydrogens is 401 g/mol. The molecule has 0 spiro atoms. The Balaban J connectivity index is 1.60. The molecule has 8 nitrogen and oxygen atoms in total. The summed E-state index contributed by atoms with van der Waals surface area (Å²) in [6, 6.07) is 12.3. The zero-order valence-electron chi connectivity index (χ0n) is 14.8. The number of ether oxygens (including phenoxy) is 1. The van der Waals surface area contributed by atoms with Crippen molar-refractivity contribution in [3.8, 4) is 11.6 Å². The maximum Gasteiger partial charge on any atom is 0.351 e. The first-order chi connectivity index (χ1) is 14.0. The van der Waals surface area contributed by atoms with E-state index >= 15 is 0 Å². The molecule has 0 saturated heterocycles. The summed E-state index contributed by atoms with van der Waals surface area (Å²) in [4.78, 5) is 28.9. The number of para-hydroxylation sites is 1. The first kappa shape index (κ1) is 18.6. The van der Waals surface area contributed by atoms with Crippen LogP contribution in [0.3, 0.4) is 0 Å². The van der Waals surface area contributed by atoms with Crippen LogP contribution in [0.4, 0.5) is 10.1 Å². The smallest absolute Gasteiger partial charge is 0.351 e. The average Bonchev–Trinajstić information content (AvgIpc) is 3.02. The van der Waals surface area contributed by atoms with Crippen LogP contribution >= 0.6 is 11.6 Å². The van der Waals surface area contributed by atoms with Crippen LogP contribution in [0, 0.1) is 5.82 Å². The second kappa shape index (κ2) is 7.72. The fourth-order valence-electron chi connectivity index (χ4n) is 2.60. The Kier molecular flexibility index (Phi) is 4.96. The Bertz CT molecular complexity index is 1250. The maximum atomic E-state index is 13.7. The van der Waals surface area contributed by atoms with Gasteiger partial charge in [-0.2, -0.15) is 0 Å². The molecule has 0 saturated carbocycles. The SMILES string of the molecule is O=C(Cn1nc2c(Oc3ccc(Cl)cc3)nccn2c1=O)Nc1ccccc1F. The van der Waals surface area contributed by atoms with Crippen LogP contribution in [0.2, 0.25) is 5.02 Å². The van der Waals surface area contributed by atoms with Gasteiger partial charge in [0.2, 0.25) is 11.6 Å². The normalized spacial score (nSPS) is 10.8. The van der Waals surface area contributed by atoms with Gasteiger partial charge in [-0.3, -0.25) is 4.79 Å². The third-order valence-electron chi connectivity index (χ3n) is 3.94. The highest BCUT2D eigenvalue weighted by Crippen LogP contribution is 2.23. The standard InChI is InChI=1S/C19H13ClFN5O3/c20-12-5-7-13(8-6-12)29-18-17-24-26(19(28)25(17)10-9-22-18)11-16(27)23-15-4-2-1-3-14(15)21/h1-10H,11H2,(H,23,27). The van der Waals surface area contributed by atoms with Gasteiger partial charge >= 0.3 is 5.69 Å². The summed E-state index contributed by atoms with van der Waals surface area (Å²) in [6.45, 7) is -0.408. The van der Waals surface area contributed by atoms with Gasteiger partial charge < -0.3 is 10.1 Å². The minimum atomic E-state index is -0.603. The molecule has 0 radical (unpaired) electrons. The van der Waals surface area contributed by atoms with Crippen molar-refractivity contribution in [2.24, 2.45) is 0 Å². The van der Waals surface area contributed by atoms with E-state index in [1.807, 2.05) is 0 Å². The van der Waals surface area contributed by atoms with Gasteiger partial charge in [-0.15, -0.1) is 5.10 Å². The van der Waals surface area contributed by atoms with E-state index in [0.29, 0.717) is 10.8 Å². The lowest BCUT2D eigenvalue weighted by atomic mass is 10.3. The number of rotatable bonds is 5. The number of halogens is 2. The number of carbonyl (C=O) groups is 1. The number of aromatic nitrogens is 4. The highest BCUT2D eigenvalue weighted by molar-refractivity contribution is 6.30. The van der Waals surface area contributed by atoms with E-state index in [0.717, 1.165) is 4.68 Å². The molecule has 146 valence electrons. The van der Waals surface area contributed by atoms with Crippen molar-refractivity contribution < 1.29 is 13.9 Å². The third kappa shape index (κ3) is 3.94. The topological polar surface area (TPSA) is 90.5 Å². The molecule has 1 N–H and O–H groups in total. The summed E-state index contributed by atoms with van der Waals surface area (Å²) in [5.74, 6) is -0.644. The number of fused-ring (bicyclic) bond motifs is 1. The van der Waals surface area contributed by atoms with Crippen molar-refractivity contribution >= 4 is 28.8 Å². The van der Waals surface area contributed by atoms with Gasteiger partial charge in [-0.05, 0) is 36.4 Å². The molecule has 0 atom stereocenters. The number of amides is 1. The zero-order chi connectivity index (χ0) is 20.4. The van der Waals surface area contributed by atoms with E-state index in [-0.39, 0.29) is 17.2 Å². The molecule has 0 aliphatic heterocycles. The molecule has 2 aromatic heterocycles. The molecule has 2 heterocycles. The zero-order valence-corrected chi connectivity index (χ0v) is 15.5. The molecule has 4 aromatic rings. The van der Waals surface area contributed by atoms with Crippen LogP contribution in [0.5, 0.6) is 11.6 Å². The Morgan fingerprint density at radius 3 is 2.69 bits per heavy atom. The monoisotopic (exact) mass is 413 g/mol. The Hall–Kier alpha value is -3.72. The van der Waals surface area contributed by atoms with Gasteiger partial charge in [0, 0.05) is 17.4 Å². The quantitative estimate of drug-likeness (QED) is 0.543. The molecule has 29 heavy (non-hydrogen) atoms. The van der Waals surface area contributed by atoms with Gasteiger partial charge in [-0.25, -0.2) is 23.3 Å². The molecule has 4 rings (SSSR count). The number of nitrogens with one attached hydrogen (secondary N) is 1. The first-order valence-electron chi connectivity index (χ1n) is 8.43. The van der Waals surface area contributed by atoms with E-state index in [4.69, 9.17) is 16.3 Å². The number of hydrogen-bond donors (Lipinski definition) is 1. The van der Waals surface area contributed by atoms with Gasteiger partial charge in [-0.1, -0.05) is 23.7 Å². The lowest BCUT2D eigenvalue weighted by Crippen LogP contribution is -2.28. The van der Waals surface area contributed by atoms with E-state index < -0.39 is 24.0 Å². The van der Waals surface area contributed by atoms with Crippen LogP contribution in [0.15, 0.2) is 65.7 Å². The number of carbonyl (C=O) groups excluding carboxylic acids is 1. The Labute approximate surface area is 168 Å². The van der Waals surface area contributed by atoms with Gasteiger partial charge in [0.05, 0.1) is 5.69 Å². The minimum absolute atomic E-state index is 0.0164. The molecule has 0 fully saturated rings. The summed E-state index contributed by atoms with van der Waals surface area (Å²) >= 11 is 5.86. The van der Waals surface area contributed by atoms with Crippen molar-refractivity contribution in [2.75, 3.05) is 5.32 Å². The molecule has 0 aliphatic carbocycles. The predicted molar refractivity (Wildman–Crippen MR) is 104 cm³/mol. The summed E-state index contributed by atoms with van der Waals surface area (Å²) in [6.07, 6.45) is 2.79. The summed E-state index contributed by atoms with van der Waals surface area (Å²) < 4.78 is 21.5. The average molecular weight is 414 g/mol. The molecule has 0 unspecified atom stereocenters. The van der Waals surface area contributed by atoms with Gasteiger partial charge in [0.15, 0.2) is 0 Å². The second-order valence-corrected chi connectivity index (χ2v) is 6.39. The van der Waals surface area contributed by atoms with Crippen LogP contribution < -0.4 is 15.7 Å². The largest absolute Gasteiger partial charge is 0.436 e. The van der Waals surface area contributed by atoms with Crippen LogP contribution in [-0.2, 0) is 11.3 Å². The molecule has 0 bridgehead atoms. The number of anilines is 1. The number of hydrogen-bond acceptors (Lipinski definition) is 5. The predicted octanol–water partition coefficient (Wildman–Crippen LogP) is 3.11. The number of benzene rings is 2.